The van der Waals surface area contributed by atoms with E-state index in [1.807, 2.05) is 33.8 Å². The van der Waals surface area contributed by atoms with E-state index in [1.54, 1.807) is 0 Å². The summed E-state index contributed by atoms with van der Waals surface area (Å²) in [6.07, 6.45) is 6.33. The number of aliphatic hydroxyl groups is 7. The molecule has 0 aromatic rings. The van der Waals surface area contributed by atoms with Gasteiger partial charge in [-0.2, -0.15) is 0 Å². The lowest BCUT2D eigenvalue weighted by atomic mass is 9.79. The molecular formula is C42H72O12. The van der Waals surface area contributed by atoms with Gasteiger partial charge in [0.15, 0.2) is 11.6 Å². The zero-order valence-electron chi connectivity index (χ0n) is 34.0. The second-order valence-electron chi connectivity index (χ2n) is 18.4. The number of aliphatic hydroxyl groups excluding tert-OH is 4. The quantitative estimate of drug-likeness (QED) is 0.156. The molecule has 4 aliphatic rings. The lowest BCUT2D eigenvalue weighted by molar-refractivity contribution is -0.358. The zero-order chi connectivity index (χ0) is 40.3. The van der Waals surface area contributed by atoms with Crippen LogP contribution in [0.2, 0.25) is 0 Å². The van der Waals surface area contributed by atoms with Crippen LogP contribution in [0.4, 0.5) is 0 Å². The van der Waals surface area contributed by atoms with Gasteiger partial charge in [-0.25, -0.2) is 4.79 Å². The SMILES string of the molecule is CCC(O)CC1OC2(CCC1C)CC1OC(=O)/C=C/C(C)(O)C(O)C(C)C(O)CC(O)C(C)(O)CCCCC/C=C/C3CC(C)(C)OC3(O)CC(O2)C1C. The predicted octanol–water partition coefficient (Wildman–Crippen LogP) is 4.58. The van der Waals surface area contributed by atoms with Crippen LogP contribution in [0.25, 0.3) is 0 Å². The number of allylic oxidation sites excluding steroid dienone is 1. The van der Waals surface area contributed by atoms with Gasteiger partial charge in [-0.15, -0.1) is 0 Å². The van der Waals surface area contributed by atoms with Crippen molar-refractivity contribution in [3.63, 3.8) is 0 Å². The molecular weight excluding hydrogens is 696 g/mol. The molecule has 3 fully saturated rings. The number of esters is 1. The van der Waals surface area contributed by atoms with Crippen molar-refractivity contribution in [3.05, 3.63) is 24.3 Å². The molecule has 4 heterocycles. The summed E-state index contributed by atoms with van der Waals surface area (Å²) in [5.74, 6) is -4.98. The predicted molar refractivity (Wildman–Crippen MR) is 203 cm³/mol. The van der Waals surface area contributed by atoms with E-state index in [2.05, 4.69) is 13.0 Å². The third-order valence-corrected chi connectivity index (χ3v) is 12.9. The maximum absolute atomic E-state index is 13.5. The lowest BCUT2D eigenvalue weighted by Crippen LogP contribution is -2.59. The van der Waals surface area contributed by atoms with Crippen LogP contribution in [-0.2, 0) is 23.7 Å². The second-order valence-corrected chi connectivity index (χ2v) is 18.4. The molecule has 0 saturated carbocycles. The van der Waals surface area contributed by atoms with Gasteiger partial charge in [0.05, 0.1) is 47.8 Å². The molecule has 0 aromatic heterocycles. The van der Waals surface area contributed by atoms with Gasteiger partial charge in [0.2, 0.25) is 0 Å². The second kappa shape index (κ2) is 18.0. The standard InChI is InChI=1S/C42H72O12/c1-9-30(43)21-32-26(2)16-20-41(52-32)24-33-28(4)34(53-41)25-42(50)29(23-38(5,6)54-42)15-13-11-10-12-14-18-39(7,48)35(45)22-31(44)27(3)37(47)40(8,49)19-17-36(46)51-33/h13,15,17,19,26-35,37,43-45,47-50H,9-12,14,16,18,20-25H2,1-8H3/b15-13+,19-17+. The van der Waals surface area contributed by atoms with Gasteiger partial charge in [-0.05, 0) is 84.6 Å². The molecule has 3 saturated heterocycles. The Kier molecular flexibility index (Phi) is 15.1. The molecule has 12 heteroatoms. The van der Waals surface area contributed by atoms with Gasteiger partial charge < -0.3 is 54.7 Å². The Morgan fingerprint density at radius 1 is 0.889 bits per heavy atom. The third kappa shape index (κ3) is 11.4. The number of rotatable bonds is 3. The van der Waals surface area contributed by atoms with E-state index in [4.69, 9.17) is 18.9 Å². The van der Waals surface area contributed by atoms with Gasteiger partial charge in [-0.1, -0.05) is 52.7 Å². The van der Waals surface area contributed by atoms with Crippen molar-refractivity contribution in [3.8, 4) is 0 Å². The first-order valence-corrected chi connectivity index (χ1v) is 20.5. The highest BCUT2D eigenvalue weighted by molar-refractivity contribution is 5.82. The maximum Gasteiger partial charge on any atom is 0.330 e. The molecule has 54 heavy (non-hydrogen) atoms. The van der Waals surface area contributed by atoms with E-state index in [1.165, 1.54) is 20.8 Å². The topological polar surface area (TPSA) is 196 Å². The van der Waals surface area contributed by atoms with Crippen LogP contribution >= 0.6 is 0 Å². The largest absolute Gasteiger partial charge is 0.459 e. The minimum absolute atomic E-state index is 0.0952. The Labute approximate surface area is 322 Å². The Hall–Kier alpha value is -1.45. The normalized spacial score (nSPS) is 47.9. The summed E-state index contributed by atoms with van der Waals surface area (Å²) in [6, 6.07) is 0. The lowest BCUT2D eigenvalue weighted by Gasteiger charge is -2.52. The van der Waals surface area contributed by atoms with Crippen molar-refractivity contribution in [2.75, 3.05) is 0 Å². The molecule has 0 amide bonds. The summed E-state index contributed by atoms with van der Waals surface area (Å²) in [7, 11) is 0. The van der Waals surface area contributed by atoms with Crippen LogP contribution in [0.1, 0.15) is 139 Å². The minimum Gasteiger partial charge on any atom is -0.459 e. The molecule has 0 aromatic carbocycles. The van der Waals surface area contributed by atoms with E-state index in [0.29, 0.717) is 38.5 Å². The van der Waals surface area contributed by atoms with Gasteiger partial charge >= 0.3 is 5.97 Å². The fourth-order valence-electron chi connectivity index (χ4n) is 8.87. The first-order chi connectivity index (χ1) is 25.0. The molecule has 15 atom stereocenters. The van der Waals surface area contributed by atoms with Crippen molar-refractivity contribution in [1.29, 1.82) is 0 Å². The van der Waals surface area contributed by atoms with Crippen LogP contribution in [-0.4, -0.2) is 113 Å². The fourth-order valence-corrected chi connectivity index (χ4v) is 8.87. The maximum atomic E-state index is 13.5. The van der Waals surface area contributed by atoms with Crippen molar-refractivity contribution in [1.82, 2.24) is 0 Å². The molecule has 4 rings (SSSR count). The van der Waals surface area contributed by atoms with Gasteiger partial charge in [0.25, 0.3) is 0 Å². The number of carbonyl (C=O) groups is 1. The summed E-state index contributed by atoms with van der Waals surface area (Å²) < 4.78 is 26.1. The Morgan fingerprint density at radius 3 is 2.28 bits per heavy atom. The molecule has 12 nitrogen and oxygen atoms in total. The van der Waals surface area contributed by atoms with Crippen LogP contribution in [0.15, 0.2) is 24.3 Å². The molecule has 1 spiro atoms. The highest BCUT2D eigenvalue weighted by Gasteiger charge is 2.57. The van der Waals surface area contributed by atoms with E-state index < -0.39 is 82.8 Å². The van der Waals surface area contributed by atoms with Crippen LogP contribution < -0.4 is 0 Å². The molecule has 7 N–H and O–H groups in total. The molecule has 4 aliphatic heterocycles. The summed E-state index contributed by atoms with van der Waals surface area (Å²) in [6.45, 7) is 14.2. The summed E-state index contributed by atoms with van der Waals surface area (Å²) in [4.78, 5) is 13.5. The van der Waals surface area contributed by atoms with Gasteiger partial charge in [0.1, 0.15) is 11.7 Å². The average Bonchev–Trinajstić information content (AvgIpc) is 3.32. The zero-order valence-corrected chi connectivity index (χ0v) is 34.0. The number of ether oxygens (including phenoxy) is 4. The number of carbonyl (C=O) groups excluding carboxylic acids is 1. The van der Waals surface area contributed by atoms with Crippen molar-refractivity contribution >= 4 is 5.97 Å². The van der Waals surface area contributed by atoms with Crippen molar-refractivity contribution in [2.24, 2.45) is 23.7 Å². The fraction of sp³-hybridized carbons (Fsp3) is 0.881. The van der Waals surface area contributed by atoms with Gasteiger partial charge in [-0.3, -0.25) is 0 Å². The number of hydrogen-bond donors (Lipinski definition) is 7. The highest BCUT2D eigenvalue weighted by atomic mass is 16.7. The summed E-state index contributed by atoms with van der Waals surface area (Å²) >= 11 is 0. The summed E-state index contributed by atoms with van der Waals surface area (Å²) in [5.41, 5.74) is -4.05. The van der Waals surface area contributed by atoms with E-state index in [0.717, 1.165) is 37.8 Å². The van der Waals surface area contributed by atoms with E-state index in [9.17, 15) is 40.5 Å². The van der Waals surface area contributed by atoms with E-state index >= 15 is 0 Å². The first-order valence-electron chi connectivity index (χ1n) is 20.5. The molecule has 15 unspecified atom stereocenters. The van der Waals surface area contributed by atoms with Crippen LogP contribution in [0, 0.1) is 23.7 Å². The highest BCUT2D eigenvalue weighted by Crippen LogP contribution is 2.50. The van der Waals surface area contributed by atoms with Crippen molar-refractivity contribution < 1.29 is 59.5 Å². The Morgan fingerprint density at radius 2 is 1.59 bits per heavy atom. The molecule has 2 bridgehead atoms. The van der Waals surface area contributed by atoms with Gasteiger partial charge in [0, 0.05) is 49.5 Å². The number of fused-ring (bicyclic) bond motifs is 3. The van der Waals surface area contributed by atoms with Crippen LogP contribution in [0.5, 0.6) is 0 Å². The molecule has 312 valence electrons. The van der Waals surface area contributed by atoms with Crippen LogP contribution in [0.3, 0.4) is 0 Å². The Balaban J connectivity index is 1.67. The third-order valence-electron chi connectivity index (χ3n) is 12.9. The van der Waals surface area contributed by atoms with E-state index in [-0.39, 0.29) is 37.2 Å². The average molecular weight is 769 g/mol. The minimum atomic E-state index is -1.96. The van der Waals surface area contributed by atoms with Crippen molar-refractivity contribution in [2.45, 2.75) is 210 Å². The monoisotopic (exact) mass is 769 g/mol. The number of hydrogen-bond acceptors (Lipinski definition) is 12. The molecule has 0 radical (unpaired) electrons. The summed E-state index contributed by atoms with van der Waals surface area (Å²) in [5, 5.41) is 78.0. The first kappa shape index (κ1) is 45.3. The smallest absolute Gasteiger partial charge is 0.330 e. The molecule has 0 aliphatic carbocycles. The Bertz CT molecular complexity index is 1280.